The molecular weight excluding hydrogens is 188 g/mol. The van der Waals surface area contributed by atoms with E-state index in [0.29, 0.717) is 6.42 Å². The zero-order chi connectivity index (χ0) is 9.26. The van der Waals surface area contributed by atoms with Crippen LogP contribution in [0.4, 0.5) is 0 Å². The lowest BCUT2D eigenvalue weighted by Crippen LogP contribution is -2.28. The number of hydrogen-bond donors (Lipinski definition) is 1. The lowest BCUT2D eigenvalue weighted by atomic mass is 10.1. The number of nitrogens with zero attached hydrogens (tertiary/aromatic N) is 1. The van der Waals surface area contributed by atoms with Gasteiger partial charge in [0.1, 0.15) is 5.71 Å². The number of carbonyl (C=O) groups excluding carboxylic acids is 1. The fourth-order valence-corrected chi connectivity index (χ4v) is 1.84. The predicted molar refractivity (Wildman–Crippen MR) is 49.5 cm³/mol. The SMILES string of the molecule is NC(=O)C1CC(c2cccs2)=NO1. The lowest BCUT2D eigenvalue weighted by molar-refractivity contribution is -0.127. The van der Waals surface area contributed by atoms with Gasteiger partial charge in [-0.2, -0.15) is 0 Å². The summed E-state index contributed by atoms with van der Waals surface area (Å²) < 4.78 is 0. The molecule has 1 aromatic heterocycles. The molecule has 1 unspecified atom stereocenters. The number of nitrogens with two attached hydrogens (primary N) is 1. The van der Waals surface area contributed by atoms with Crippen LogP contribution in [0.2, 0.25) is 0 Å². The number of hydrogen-bond acceptors (Lipinski definition) is 4. The summed E-state index contributed by atoms with van der Waals surface area (Å²) in [5.74, 6) is -0.463. The summed E-state index contributed by atoms with van der Waals surface area (Å²) in [5.41, 5.74) is 5.88. The molecule has 5 heteroatoms. The molecule has 0 fully saturated rings. The van der Waals surface area contributed by atoms with E-state index in [2.05, 4.69) is 5.16 Å². The zero-order valence-electron chi connectivity index (χ0n) is 6.77. The Labute approximate surface area is 79.0 Å². The van der Waals surface area contributed by atoms with Gasteiger partial charge in [0.15, 0.2) is 0 Å². The van der Waals surface area contributed by atoms with Crippen LogP contribution in [0, 0.1) is 0 Å². The van der Waals surface area contributed by atoms with E-state index in [1.165, 1.54) is 0 Å². The maximum atomic E-state index is 10.7. The monoisotopic (exact) mass is 196 g/mol. The van der Waals surface area contributed by atoms with E-state index >= 15 is 0 Å². The Hall–Kier alpha value is -1.36. The second-order valence-corrected chi connectivity index (χ2v) is 3.66. The van der Waals surface area contributed by atoms with Crippen LogP contribution in [0.1, 0.15) is 11.3 Å². The van der Waals surface area contributed by atoms with Crippen LogP contribution in [0.5, 0.6) is 0 Å². The van der Waals surface area contributed by atoms with Crippen molar-refractivity contribution in [1.82, 2.24) is 0 Å². The van der Waals surface area contributed by atoms with Gasteiger partial charge in [-0.1, -0.05) is 11.2 Å². The fourth-order valence-electron chi connectivity index (χ4n) is 1.12. The highest BCUT2D eigenvalue weighted by Gasteiger charge is 2.26. The van der Waals surface area contributed by atoms with Crippen molar-refractivity contribution < 1.29 is 9.63 Å². The Morgan fingerprint density at radius 2 is 2.62 bits per heavy atom. The first-order valence-corrected chi connectivity index (χ1v) is 4.71. The summed E-state index contributed by atoms with van der Waals surface area (Å²) in [6.07, 6.45) is -0.104. The summed E-state index contributed by atoms with van der Waals surface area (Å²) in [5, 5.41) is 5.76. The molecule has 1 aromatic rings. The van der Waals surface area contributed by atoms with Gasteiger partial charge in [-0.05, 0) is 11.4 Å². The fraction of sp³-hybridized carbons (Fsp3) is 0.250. The topological polar surface area (TPSA) is 64.7 Å². The third kappa shape index (κ3) is 1.55. The van der Waals surface area contributed by atoms with Crippen molar-refractivity contribution in [2.24, 2.45) is 10.9 Å². The molecule has 13 heavy (non-hydrogen) atoms. The van der Waals surface area contributed by atoms with Crippen LogP contribution in [0.25, 0.3) is 0 Å². The molecule has 0 bridgehead atoms. The van der Waals surface area contributed by atoms with E-state index in [0.717, 1.165) is 10.6 Å². The summed E-state index contributed by atoms with van der Waals surface area (Å²) >= 11 is 1.57. The quantitative estimate of drug-likeness (QED) is 0.757. The van der Waals surface area contributed by atoms with Crippen molar-refractivity contribution in [3.63, 3.8) is 0 Å². The summed E-state index contributed by atoms with van der Waals surface area (Å²) in [7, 11) is 0. The van der Waals surface area contributed by atoms with Crippen LogP contribution in [-0.2, 0) is 9.63 Å². The summed E-state index contributed by atoms with van der Waals surface area (Å²) in [6.45, 7) is 0. The Bertz CT molecular complexity index is 345. The Balaban J connectivity index is 2.10. The highest BCUT2D eigenvalue weighted by atomic mass is 32.1. The average Bonchev–Trinajstić information content (AvgIpc) is 2.75. The van der Waals surface area contributed by atoms with Crippen LogP contribution in [0.15, 0.2) is 22.7 Å². The standard InChI is InChI=1S/C8H8N2O2S/c9-8(11)6-4-5(10-12-6)7-2-1-3-13-7/h1-3,6H,4H2,(H2,9,11). The third-order valence-electron chi connectivity index (χ3n) is 1.79. The van der Waals surface area contributed by atoms with Crippen molar-refractivity contribution in [3.05, 3.63) is 22.4 Å². The average molecular weight is 196 g/mol. The van der Waals surface area contributed by atoms with Crippen LogP contribution in [0.3, 0.4) is 0 Å². The van der Waals surface area contributed by atoms with Gasteiger partial charge in [0, 0.05) is 6.42 Å². The number of thiophene rings is 1. The van der Waals surface area contributed by atoms with Crippen LogP contribution < -0.4 is 5.73 Å². The molecule has 1 aliphatic heterocycles. The summed E-state index contributed by atoms with van der Waals surface area (Å²) in [4.78, 5) is 16.6. The summed E-state index contributed by atoms with van der Waals surface area (Å²) in [6, 6.07) is 3.87. The van der Waals surface area contributed by atoms with Gasteiger partial charge in [0.25, 0.3) is 5.91 Å². The number of rotatable bonds is 2. The maximum absolute atomic E-state index is 10.7. The van der Waals surface area contributed by atoms with Crippen molar-refractivity contribution >= 4 is 23.0 Å². The maximum Gasteiger partial charge on any atom is 0.261 e. The van der Waals surface area contributed by atoms with E-state index < -0.39 is 12.0 Å². The van der Waals surface area contributed by atoms with Gasteiger partial charge in [-0.25, -0.2) is 0 Å². The molecule has 4 nitrogen and oxygen atoms in total. The van der Waals surface area contributed by atoms with Gasteiger partial charge in [-0.15, -0.1) is 11.3 Å². The second kappa shape index (κ2) is 3.18. The van der Waals surface area contributed by atoms with E-state index in [4.69, 9.17) is 10.6 Å². The minimum absolute atomic E-state index is 0.463. The van der Waals surface area contributed by atoms with Crippen molar-refractivity contribution in [1.29, 1.82) is 0 Å². The van der Waals surface area contributed by atoms with Gasteiger partial charge < -0.3 is 10.6 Å². The van der Waals surface area contributed by atoms with Crippen LogP contribution >= 0.6 is 11.3 Å². The first-order valence-electron chi connectivity index (χ1n) is 3.83. The Kier molecular flexibility index (Phi) is 2.02. The highest BCUT2D eigenvalue weighted by Crippen LogP contribution is 2.19. The molecule has 0 spiro atoms. The molecule has 0 radical (unpaired) electrons. The van der Waals surface area contributed by atoms with E-state index in [9.17, 15) is 4.79 Å². The van der Waals surface area contributed by atoms with Gasteiger partial charge in [-0.3, -0.25) is 4.79 Å². The van der Waals surface area contributed by atoms with Crippen LogP contribution in [-0.4, -0.2) is 17.7 Å². The molecule has 1 amide bonds. The Morgan fingerprint density at radius 3 is 3.15 bits per heavy atom. The van der Waals surface area contributed by atoms with Crippen molar-refractivity contribution in [2.45, 2.75) is 12.5 Å². The number of carbonyl (C=O) groups is 1. The number of amides is 1. The molecule has 2 rings (SSSR count). The molecule has 1 atom stereocenters. The second-order valence-electron chi connectivity index (χ2n) is 2.72. The molecule has 0 aromatic carbocycles. The van der Waals surface area contributed by atoms with E-state index in [-0.39, 0.29) is 0 Å². The van der Waals surface area contributed by atoms with Crippen molar-refractivity contribution in [2.75, 3.05) is 0 Å². The molecule has 68 valence electrons. The van der Waals surface area contributed by atoms with Crippen molar-refractivity contribution in [3.8, 4) is 0 Å². The van der Waals surface area contributed by atoms with E-state index in [1.54, 1.807) is 11.3 Å². The molecular formula is C8H8N2O2S. The molecule has 0 saturated heterocycles. The smallest absolute Gasteiger partial charge is 0.261 e. The third-order valence-corrected chi connectivity index (χ3v) is 2.71. The predicted octanol–water partition coefficient (Wildman–Crippen LogP) is 0.726. The molecule has 2 N–H and O–H groups in total. The lowest BCUT2D eigenvalue weighted by Gasteiger charge is -1.99. The first-order chi connectivity index (χ1) is 6.27. The zero-order valence-corrected chi connectivity index (χ0v) is 7.58. The molecule has 1 aliphatic rings. The normalized spacial score (nSPS) is 20.9. The van der Waals surface area contributed by atoms with Gasteiger partial charge >= 0.3 is 0 Å². The first kappa shape index (κ1) is 8.25. The van der Waals surface area contributed by atoms with Gasteiger partial charge in [0.2, 0.25) is 6.10 Å². The largest absolute Gasteiger partial charge is 0.382 e. The molecule has 0 aliphatic carbocycles. The highest BCUT2D eigenvalue weighted by molar-refractivity contribution is 7.12. The Morgan fingerprint density at radius 1 is 1.77 bits per heavy atom. The minimum Gasteiger partial charge on any atom is -0.382 e. The van der Waals surface area contributed by atoms with E-state index in [1.807, 2.05) is 17.5 Å². The minimum atomic E-state index is -0.586. The number of primary amides is 1. The number of oxime groups is 1. The van der Waals surface area contributed by atoms with Gasteiger partial charge in [0.05, 0.1) is 4.88 Å². The molecule has 0 saturated carbocycles. The molecule has 2 heterocycles.